The second kappa shape index (κ2) is 7.54. The van der Waals surface area contributed by atoms with Crippen molar-refractivity contribution in [3.63, 3.8) is 0 Å². The lowest BCUT2D eigenvalue weighted by Crippen LogP contribution is -2.29. The lowest BCUT2D eigenvalue weighted by atomic mass is 10.1. The largest absolute Gasteiger partial charge is 0.469 e. The number of likely N-dealkylation sites (N-methyl/N-ethyl adjacent to an activating group) is 1. The topological polar surface area (TPSA) is 59.5 Å². The van der Waals surface area contributed by atoms with Crippen LogP contribution < -0.4 is 0 Å². The zero-order valence-corrected chi connectivity index (χ0v) is 12.9. The number of rotatable bonds is 6. The number of benzene rings is 1. The van der Waals surface area contributed by atoms with Crippen LogP contribution in [-0.4, -0.2) is 42.5 Å². The standard InChI is InChI=1S/C17H20N2O3/c1-19(11-5-9-16(21)22-2)15(20)12-14-7-3-6-13-8-4-10-18-17(13)14/h3-4,6-8,10H,5,9,11-12H2,1-2H3. The number of pyridine rings is 1. The number of hydrogen-bond donors (Lipinski definition) is 0. The van der Waals surface area contributed by atoms with Crippen molar-refractivity contribution < 1.29 is 14.3 Å². The minimum absolute atomic E-state index is 0.0167. The molecule has 0 bridgehead atoms. The average molecular weight is 300 g/mol. The Kier molecular flexibility index (Phi) is 5.47. The van der Waals surface area contributed by atoms with Gasteiger partial charge >= 0.3 is 5.97 Å². The molecule has 2 rings (SSSR count). The van der Waals surface area contributed by atoms with Crippen molar-refractivity contribution in [2.75, 3.05) is 20.7 Å². The maximum Gasteiger partial charge on any atom is 0.305 e. The highest BCUT2D eigenvalue weighted by Gasteiger charge is 2.12. The Bertz CT molecular complexity index is 665. The number of esters is 1. The van der Waals surface area contributed by atoms with Gasteiger partial charge in [0.2, 0.25) is 5.91 Å². The summed E-state index contributed by atoms with van der Waals surface area (Å²) >= 11 is 0. The van der Waals surface area contributed by atoms with Gasteiger partial charge in [0, 0.05) is 31.6 Å². The van der Waals surface area contributed by atoms with Crippen LogP contribution in [0.3, 0.4) is 0 Å². The molecule has 0 aliphatic rings. The zero-order chi connectivity index (χ0) is 15.9. The van der Waals surface area contributed by atoms with Gasteiger partial charge in [0.25, 0.3) is 0 Å². The monoisotopic (exact) mass is 300 g/mol. The van der Waals surface area contributed by atoms with E-state index in [0.29, 0.717) is 25.8 Å². The molecule has 0 saturated heterocycles. The predicted octanol–water partition coefficient (Wildman–Crippen LogP) is 2.19. The van der Waals surface area contributed by atoms with Crippen LogP contribution in [-0.2, 0) is 20.7 Å². The number of ether oxygens (including phenoxy) is 1. The van der Waals surface area contributed by atoms with Gasteiger partial charge in [-0.3, -0.25) is 14.6 Å². The summed E-state index contributed by atoms with van der Waals surface area (Å²) in [5.41, 5.74) is 1.78. The fourth-order valence-electron chi connectivity index (χ4n) is 2.30. The summed E-state index contributed by atoms with van der Waals surface area (Å²) in [6.45, 7) is 0.534. The van der Waals surface area contributed by atoms with E-state index < -0.39 is 0 Å². The van der Waals surface area contributed by atoms with Crippen molar-refractivity contribution in [1.29, 1.82) is 0 Å². The van der Waals surface area contributed by atoms with Crippen molar-refractivity contribution in [1.82, 2.24) is 9.88 Å². The number of para-hydroxylation sites is 1. The highest BCUT2D eigenvalue weighted by Crippen LogP contribution is 2.17. The van der Waals surface area contributed by atoms with Gasteiger partial charge in [0.15, 0.2) is 0 Å². The van der Waals surface area contributed by atoms with E-state index in [0.717, 1.165) is 16.5 Å². The first-order chi connectivity index (χ1) is 10.6. The SMILES string of the molecule is COC(=O)CCCN(C)C(=O)Cc1cccc2cccnc12. The molecule has 0 spiro atoms. The molecule has 0 N–H and O–H groups in total. The first-order valence-electron chi connectivity index (χ1n) is 7.25. The van der Waals surface area contributed by atoms with Crippen LogP contribution in [0.5, 0.6) is 0 Å². The Balaban J connectivity index is 1.97. The number of fused-ring (bicyclic) bond motifs is 1. The van der Waals surface area contributed by atoms with Crippen LogP contribution in [0, 0.1) is 0 Å². The summed E-state index contributed by atoms with van der Waals surface area (Å²) in [4.78, 5) is 29.4. The molecule has 0 radical (unpaired) electrons. The molecule has 0 unspecified atom stereocenters. The average Bonchev–Trinajstić information content (AvgIpc) is 2.54. The maximum absolute atomic E-state index is 12.3. The van der Waals surface area contributed by atoms with Crippen LogP contribution >= 0.6 is 0 Å². The van der Waals surface area contributed by atoms with Crippen molar-refractivity contribution in [2.45, 2.75) is 19.3 Å². The third-order valence-corrected chi connectivity index (χ3v) is 3.59. The number of nitrogens with zero attached hydrogens (tertiary/aromatic N) is 2. The van der Waals surface area contributed by atoms with E-state index in [1.807, 2.05) is 30.3 Å². The maximum atomic E-state index is 12.3. The van der Waals surface area contributed by atoms with Crippen molar-refractivity contribution in [3.8, 4) is 0 Å². The number of carbonyl (C=O) groups is 2. The summed E-state index contributed by atoms with van der Waals surface area (Å²) in [5.74, 6) is -0.234. The number of methoxy groups -OCH3 is 1. The van der Waals surface area contributed by atoms with Crippen LogP contribution in [0.15, 0.2) is 36.5 Å². The van der Waals surface area contributed by atoms with E-state index in [-0.39, 0.29) is 11.9 Å². The molecule has 22 heavy (non-hydrogen) atoms. The molecule has 0 aliphatic heterocycles. The molecule has 1 aromatic carbocycles. The van der Waals surface area contributed by atoms with E-state index in [2.05, 4.69) is 9.72 Å². The van der Waals surface area contributed by atoms with E-state index in [1.54, 1.807) is 18.1 Å². The molecule has 5 nitrogen and oxygen atoms in total. The normalized spacial score (nSPS) is 10.5. The Hall–Kier alpha value is -2.43. The van der Waals surface area contributed by atoms with Gasteiger partial charge < -0.3 is 9.64 Å². The van der Waals surface area contributed by atoms with Crippen molar-refractivity contribution in [2.24, 2.45) is 0 Å². The van der Waals surface area contributed by atoms with Gasteiger partial charge in [-0.2, -0.15) is 0 Å². The van der Waals surface area contributed by atoms with Crippen LogP contribution in [0.4, 0.5) is 0 Å². The second-order valence-electron chi connectivity index (χ2n) is 5.16. The summed E-state index contributed by atoms with van der Waals surface area (Å²) in [5, 5.41) is 1.03. The Morgan fingerprint density at radius 2 is 2.00 bits per heavy atom. The molecule has 0 atom stereocenters. The van der Waals surface area contributed by atoms with Gasteiger partial charge in [0.05, 0.1) is 19.0 Å². The fourth-order valence-corrected chi connectivity index (χ4v) is 2.30. The Morgan fingerprint density at radius 1 is 1.23 bits per heavy atom. The fraction of sp³-hybridized carbons (Fsp3) is 0.353. The van der Waals surface area contributed by atoms with E-state index in [4.69, 9.17) is 0 Å². The van der Waals surface area contributed by atoms with Crippen molar-refractivity contribution >= 4 is 22.8 Å². The third-order valence-electron chi connectivity index (χ3n) is 3.59. The van der Waals surface area contributed by atoms with Gasteiger partial charge in [-0.25, -0.2) is 0 Å². The molecular formula is C17H20N2O3. The molecule has 1 amide bonds. The number of amides is 1. The molecule has 0 aliphatic carbocycles. The van der Waals surface area contributed by atoms with Gasteiger partial charge in [-0.1, -0.05) is 24.3 Å². The lowest BCUT2D eigenvalue weighted by molar-refractivity contribution is -0.141. The lowest BCUT2D eigenvalue weighted by Gasteiger charge is -2.17. The van der Waals surface area contributed by atoms with Gasteiger partial charge in [-0.15, -0.1) is 0 Å². The van der Waals surface area contributed by atoms with Crippen molar-refractivity contribution in [3.05, 3.63) is 42.1 Å². The first kappa shape index (κ1) is 15.9. The number of carbonyl (C=O) groups excluding carboxylic acids is 2. The summed E-state index contributed by atoms with van der Waals surface area (Å²) in [6, 6.07) is 9.71. The minimum Gasteiger partial charge on any atom is -0.469 e. The van der Waals surface area contributed by atoms with Gasteiger partial charge in [-0.05, 0) is 18.1 Å². The van der Waals surface area contributed by atoms with Gasteiger partial charge in [0.1, 0.15) is 0 Å². The summed E-state index contributed by atoms with van der Waals surface area (Å²) in [6.07, 6.45) is 2.96. The summed E-state index contributed by atoms with van der Waals surface area (Å²) in [7, 11) is 3.11. The Morgan fingerprint density at radius 3 is 2.77 bits per heavy atom. The molecule has 116 valence electrons. The molecule has 0 saturated carbocycles. The molecular weight excluding hydrogens is 280 g/mol. The molecule has 1 aromatic heterocycles. The van der Waals surface area contributed by atoms with Crippen LogP contribution in [0.1, 0.15) is 18.4 Å². The summed E-state index contributed by atoms with van der Waals surface area (Å²) < 4.78 is 4.59. The number of aromatic nitrogens is 1. The quantitative estimate of drug-likeness (QED) is 0.767. The highest BCUT2D eigenvalue weighted by molar-refractivity contribution is 5.87. The zero-order valence-electron chi connectivity index (χ0n) is 12.9. The Labute approximate surface area is 129 Å². The van der Waals surface area contributed by atoms with Crippen LogP contribution in [0.2, 0.25) is 0 Å². The molecule has 5 heteroatoms. The minimum atomic E-state index is -0.251. The smallest absolute Gasteiger partial charge is 0.305 e. The number of hydrogen-bond acceptors (Lipinski definition) is 4. The highest BCUT2D eigenvalue weighted by atomic mass is 16.5. The molecule has 0 fully saturated rings. The van der Waals surface area contributed by atoms with Crippen LogP contribution in [0.25, 0.3) is 10.9 Å². The van der Waals surface area contributed by atoms with E-state index in [9.17, 15) is 9.59 Å². The molecule has 1 heterocycles. The predicted molar refractivity (Wildman–Crippen MR) is 84.3 cm³/mol. The van der Waals surface area contributed by atoms with E-state index in [1.165, 1.54) is 7.11 Å². The molecule has 2 aromatic rings. The first-order valence-corrected chi connectivity index (χ1v) is 7.25. The second-order valence-corrected chi connectivity index (χ2v) is 5.16. The van der Waals surface area contributed by atoms with E-state index >= 15 is 0 Å². The third kappa shape index (κ3) is 4.04.